The number of quaternary nitrogens is 1. The monoisotopic (exact) mass is 224 g/mol. The fourth-order valence-electron chi connectivity index (χ4n) is 2.32. The fraction of sp³-hybridized carbons (Fsp3) is 0.538. The van der Waals surface area contributed by atoms with Gasteiger partial charge in [0.15, 0.2) is 0 Å². The lowest BCUT2D eigenvalue weighted by Gasteiger charge is -2.37. The molecule has 0 heterocycles. The van der Waals surface area contributed by atoms with Gasteiger partial charge in [0, 0.05) is 5.56 Å². The minimum Gasteiger partial charge on any atom is -0.390 e. The van der Waals surface area contributed by atoms with Gasteiger partial charge in [-0.05, 0) is 19.9 Å². The number of nitrogens with zero attached hydrogens (tertiary/aromatic N) is 1. The van der Waals surface area contributed by atoms with Gasteiger partial charge < -0.3 is 10.2 Å². The molecule has 2 N–H and O–H groups in total. The molecule has 1 rings (SSSR count). The summed E-state index contributed by atoms with van der Waals surface area (Å²) in [5, 5.41) is 18.4. The van der Waals surface area contributed by atoms with Gasteiger partial charge in [-0.15, -0.1) is 0 Å². The first-order valence-electron chi connectivity index (χ1n) is 5.84. The molecule has 3 nitrogen and oxygen atoms in total. The van der Waals surface area contributed by atoms with Crippen LogP contribution in [0, 0.1) is 6.92 Å². The van der Waals surface area contributed by atoms with Gasteiger partial charge in [-0.1, -0.05) is 18.2 Å². The maximum absolute atomic E-state index is 9.21. The first-order chi connectivity index (χ1) is 7.70. The summed E-state index contributed by atoms with van der Waals surface area (Å²) >= 11 is 0. The molecule has 3 heteroatoms. The maximum Gasteiger partial charge on any atom is 0.135 e. The average Bonchev–Trinajstić information content (AvgIpc) is 2.29. The van der Waals surface area contributed by atoms with Crippen LogP contribution in [0.3, 0.4) is 0 Å². The highest BCUT2D eigenvalue weighted by Gasteiger charge is 2.28. The SMILES string of the molecule is CC[N+](CCO)(CCO)c1ccccc1C. The van der Waals surface area contributed by atoms with Crippen LogP contribution in [-0.2, 0) is 0 Å². The second-order valence-corrected chi connectivity index (χ2v) is 4.14. The topological polar surface area (TPSA) is 40.5 Å². The van der Waals surface area contributed by atoms with Crippen molar-refractivity contribution in [2.45, 2.75) is 13.8 Å². The van der Waals surface area contributed by atoms with E-state index in [1.54, 1.807) is 0 Å². The van der Waals surface area contributed by atoms with Gasteiger partial charge in [-0.2, -0.15) is 0 Å². The van der Waals surface area contributed by atoms with Crippen molar-refractivity contribution in [3.63, 3.8) is 0 Å². The Morgan fingerprint density at radius 3 is 2.06 bits per heavy atom. The zero-order valence-corrected chi connectivity index (χ0v) is 10.2. The predicted octanol–water partition coefficient (Wildman–Crippen LogP) is 1.31. The molecule has 0 aliphatic carbocycles. The van der Waals surface area contributed by atoms with Crippen molar-refractivity contribution < 1.29 is 10.2 Å². The number of rotatable bonds is 6. The lowest BCUT2D eigenvalue weighted by molar-refractivity contribution is 0.167. The van der Waals surface area contributed by atoms with E-state index in [1.807, 2.05) is 12.1 Å². The highest BCUT2D eigenvalue weighted by molar-refractivity contribution is 5.49. The molecule has 16 heavy (non-hydrogen) atoms. The van der Waals surface area contributed by atoms with E-state index in [1.165, 1.54) is 11.3 Å². The molecular weight excluding hydrogens is 202 g/mol. The summed E-state index contributed by atoms with van der Waals surface area (Å²) in [4.78, 5) is 0. The summed E-state index contributed by atoms with van der Waals surface area (Å²) in [5.41, 5.74) is 2.42. The van der Waals surface area contributed by atoms with Gasteiger partial charge in [-0.25, -0.2) is 0 Å². The average molecular weight is 224 g/mol. The molecule has 0 amide bonds. The summed E-state index contributed by atoms with van der Waals surface area (Å²) in [6.07, 6.45) is 0. The number of aliphatic hydroxyl groups is 2. The number of hydrogen-bond acceptors (Lipinski definition) is 2. The minimum atomic E-state index is 0.141. The maximum atomic E-state index is 9.21. The number of benzene rings is 1. The first kappa shape index (κ1) is 13.2. The molecule has 1 aromatic carbocycles. The van der Waals surface area contributed by atoms with Crippen LogP contribution in [-0.4, -0.2) is 43.1 Å². The number of hydrogen-bond donors (Lipinski definition) is 2. The van der Waals surface area contributed by atoms with Crippen LogP contribution in [0.1, 0.15) is 12.5 Å². The smallest absolute Gasteiger partial charge is 0.135 e. The third-order valence-electron chi connectivity index (χ3n) is 3.29. The number of likely N-dealkylation sites (N-methyl/N-ethyl adjacent to an activating group) is 1. The predicted molar refractivity (Wildman–Crippen MR) is 67.4 cm³/mol. The van der Waals surface area contributed by atoms with E-state index in [9.17, 15) is 10.2 Å². The minimum absolute atomic E-state index is 0.141. The Kier molecular flexibility index (Phi) is 4.93. The lowest BCUT2D eigenvalue weighted by atomic mass is 10.1. The number of para-hydroxylation sites is 1. The van der Waals surface area contributed by atoms with Crippen LogP contribution < -0.4 is 4.48 Å². The molecule has 0 aliphatic rings. The van der Waals surface area contributed by atoms with Crippen LogP contribution in [0.15, 0.2) is 24.3 Å². The van der Waals surface area contributed by atoms with Crippen LogP contribution in [0.25, 0.3) is 0 Å². The Morgan fingerprint density at radius 1 is 1.06 bits per heavy atom. The lowest BCUT2D eigenvalue weighted by Crippen LogP contribution is -2.53. The summed E-state index contributed by atoms with van der Waals surface area (Å²) in [6.45, 7) is 6.64. The van der Waals surface area contributed by atoms with Gasteiger partial charge in [0.1, 0.15) is 18.8 Å². The number of aliphatic hydroxyl groups excluding tert-OH is 2. The van der Waals surface area contributed by atoms with Gasteiger partial charge in [0.2, 0.25) is 0 Å². The van der Waals surface area contributed by atoms with Crippen molar-refractivity contribution in [1.82, 2.24) is 4.48 Å². The highest BCUT2D eigenvalue weighted by atomic mass is 16.3. The molecule has 0 atom stereocenters. The van der Waals surface area contributed by atoms with Gasteiger partial charge >= 0.3 is 0 Å². The van der Waals surface area contributed by atoms with E-state index in [4.69, 9.17) is 0 Å². The van der Waals surface area contributed by atoms with Gasteiger partial charge in [-0.3, -0.25) is 4.48 Å². The summed E-state index contributed by atoms with van der Waals surface area (Å²) in [5.74, 6) is 0. The van der Waals surface area contributed by atoms with Crippen molar-refractivity contribution in [2.24, 2.45) is 0 Å². The molecule has 0 aliphatic heterocycles. The second-order valence-electron chi connectivity index (χ2n) is 4.14. The van der Waals surface area contributed by atoms with Crippen molar-refractivity contribution >= 4 is 5.69 Å². The van der Waals surface area contributed by atoms with Crippen LogP contribution in [0.2, 0.25) is 0 Å². The molecular formula is C13H22NO2+. The van der Waals surface area contributed by atoms with E-state index in [0.29, 0.717) is 17.6 Å². The Morgan fingerprint density at radius 2 is 1.62 bits per heavy atom. The van der Waals surface area contributed by atoms with Gasteiger partial charge in [0.05, 0.1) is 19.8 Å². The summed E-state index contributed by atoms with van der Waals surface area (Å²) < 4.78 is 0.652. The zero-order valence-electron chi connectivity index (χ0n) is 10.2. The van der Waals surface area contributed by atoms with E-state index >= 15 is 0 Å². The van der Waals surface area contributed by atoms with E-state index in [2.05, 4.69) is 26.0 Å². The van der Waals surface area contributed by atoms with E-state index in [0.717, 1.165) is 6.54 Å². The Labute approximate surface area is 97.5 Å². The van der Waals surface area contributed by atoms with E-state index < -0.39 is 0 Å². The third kappa shape index (κ3) is 2.61. The largest absolute Gasteiger partial charge is 0.390 e. The second kappa shape index (κ2) is 5.99. The summed E-state index contributed by atoms with van der Waals surface area (Å²) in [7, 11) is 0. The summed E-state index contributed by atoms with van der Waals surface area (Å²) in [6, 6.07) is 8.19. The van der Waals surface area contributed by atoms with Crippen molar-refractivity contribution in [3.05, 3.63) is 29.8 Å². The van der Waals surface area contributed by atoms with Crippen molar-refractivity contribution in [2.75, 3.05) is 32.8 Å². The van der Waals surface area contributed by atoms with Crippen molar-refractivity contribution in [3.8, 4) is 0 Å². The van der Waals surface area contributed by atoms with Crippen LogP contribution in [0.5, 0.6) is 0 Å². The zero-order chi connectivity index (χ0) is 12.0. The standard InChI is InChI=1S/C13H22NO2/c1-3-14(8-10-15,9-11-16)13-7-5-4-6-12(13)2/h4-7,15-16H,3,8-11H2,1-2H3/q+1. The molecule has 0 spiro atoms. The van der Waals surface area contributed by atoms with E-state index in [-0.39, 0.29) is 13.2 Å². The molecule has 0 saturated heterocycles. The normalized spacial score (nSPS) is 11.8. The first-order valence-corrected chi connectivity index (χ1v) is 5.84. The molecule has 0 radical (unpaired) electrons. The molecule has 1 aromatic rings. The van der Waals surface area contributed by atoms with Crippen molar-refractivity contribution in [1.29, 1.82) is 0 Å². The molecule has 0 fully saturated rings. The fourth-order valence-corrected chi connectivity index (χ4v) is 2.32. The molecule has 0 saturated carbocycles. The Balaban J connectivity index is 3.13. The number of aryl methyl sites for hydroxylation is 1. The quantitative estimate of drug-likeness (QED) is 0.715. The Hall–Kier alpha value is -0.900. The Bertz CT molecular complexity index is 319. The van der Waals surface area contributed by atoms with Gasteiger partial charge in [0.25, 0.3) is 0 Å². The molecule has 0 bridgehead atoms. The van der Waals surface area contributed by atoms with Crippen LogP contribution >= 0.6 is 0 Å². The highest BCUT2D eigenvalue weighted by Crippen LogP contribution is 2.26. The molecule has 0 unspecified atom stereocenters. The van der Waals surface area contributed by atoms with Crippen LogP contribution in [0.4, 0.5) is 5.69 Å². The molecule has 0 aromatic heterocycles. The third-order valence-corrected chi connectivity index (χ3v) is 3.29. The molecule has 90 valence electrons.